The molecule has 1 amide bonds. The van der Waals surface area contributed by atoms with Crippen molar-refractivity contribution in [2.24, 2.45) is 0 Å². The highest BCUT2D eigenvalue weighted by molar-refractivity contribution is 6.04. The minimum Gasteiger partial charge on any atom is -0.497 e. The Labute approximate surface area is 161 Å². The van der Waals surface area contributed by atoms with Gasteiger partial charge in [0.05, 0.1) is 24.1 Å². The Kier molecular flexibility index (Phi) is 4.53. The predicted octanol–water partition coefficient (Wildman–Crippen LogP) is 4.71. The molecule has 0 atom stereocenters. The van der Waals surface area contributed by atoms with Gasteiger partial charge >= 0.3 is 0 Å². The van der Waals surface area contributed by atoms with Gasteiger partial charge in [-0.15, -0.1) is 0 Å². The number of fused-ring (bicyclic) bond motifs is 1. The van der Waals surface area contributed by atoms with Crippen molar-refractivity contribution < 1.29 is 13.9 Å². The maximum atomic E-state index is 13.8. The fourth-order valence-electron chi connectivity index (χ4n) is 3.10. The van der Waals surface area contributed by atoms with E-state index in [2.05, 4.69) is 10.3 Å². The number of methoxy groups -OCH3 is 1. The monoisotopic (exact) mass is 375 g/mol. The molecule has 28 heavy (non-hydrogen) atoms. The molecule has 0 saturated carbocycles. The molecule has 0 spiro atoms. The Morgan fingerprint density at radius 1 is 1.07 bits per heavy atom. The van der Waals surface area contributed by atoms with Gasteiger partial charge in [0.2, 0.25) is 0 Å². The summed E-state index contributed by atoms with van der Waals surface area (Å²) >= 11 is 0. The van der Waals surface area contributed by atoms with Gasteiger partial charge < -0.3 is 14.5 Å². The van der Waals surface area contributed by atoms with Crippen LogP contribution in [0, 0.1) is 12.7 Å². The quantitative estimate of drug-likeness (QED) is 0.562. The highest BCUT2D eigenvalue weighted by Crippen LogP contribution is 2.26. The Morgan fingerprint density at radius 2 is 1.82 bits per heavy atom. The second-order valence-corrected chi connectivity index (χ2v) is 6.35. The van der Waals surface area contributed by atoms with Crippen molar-refractivity contribution in [3.8, 4) is 17.0 Å². The first kappa shape index (κ1) is 17.7. The topological polar surface area (TPSA) is 55.6 Å². The molecule has 0 radical (unpaired) electrons. The predicted molar refractivity (Wildman–Crippen MR) is 106 cm³/mol. The number of hydrogen-bond acceptors (Lipinski definition) is 3. The molecule has 2 aromatic carbocycles. The van der Waals surface area contributed by atoms with Gasteiger partial charge in [-0.2, -0.15) is 0 Å². The number of rotatable bonds is 4. The molecule has 140 valence electrons. The van der Waals surface area contributed by atoms with Crippen LogP contribution in [0.5, 0.6) is 5.75 Å². The SMILES string of the molecule is COc1ccc(-c2nc3ccc(NC(=O)c4ccccc4F)cn3c2C)cc1. The van der Waals surface area contributed by atoms with Crippen LogP contribution in [0.15, 0.2) is 66.9 Å². The summed E-state index contributed by atoms with van der Waals surface area (Å²) in [5, 5.41) is 2.74. The van der Waals surface area contributed by atoms with Crippen LogP contribution in [0.4, 0.5) is 10.1 Å². The first-order chi connectivity index (χ1) is 13.6. The lowest BCUT2D eigenvalue weighted by Gasteiger charge is -2.07. The Morgan fingerprint density at radius 3 is 2.54 bits per heavy atom. The number of halogens is 1. The molecule has 0 aliphatic carbocycles. The molecule has 6 heteroatoms. The number of ether oxygens (including phenoxy) is 1. The zero-order valence-electron chi connectivity index (χ0n) is 15.4. The molecule has 0 aliphatic rings. The number of anilines is 1. The fourth-order valence-corrected chi connectivity index (χ4v) is 3.10. The third kappa shape index (κ3) is 3.20. The maximum Gasteiger partial charge on any atom is 0.258 e. The highest BCUT2D eigenvalue weighted by Gasteiger charge is 2.14. The Hall–Kier alpha value is -3.67. The fraction of sp³-hybridized carbons (Fsp3) is 0.0909. The zero-order chi connectivity index (χ0) is 19.7. The summed E-state index contributed by atoms with van der Waals surface area (Å²) in [6.45, 7) is 1.96. The molecule has 4 aromatic rings. The largest absolute Gasteiger partial charge is 0.497 e. The van der Waals surface area contributed by atoms with Gasteiger partial charge in [0, 0.05) is 17.5 Å². The van der Waals surface area contributed by atoms with E-state index in [1.54, 1.807) is 31.5 Å². The Balaban J connectivity index is 1.66. The summed E-state index contributed by atoms with van der Waals surface area (Å²) in [5.41, 5.74) is 4.07. The molecule has 5 nitrogen and oxygen atoms in total. The van der Waals surface area contributed by atoms with E-state index in [1.165, 1.54) is 12.1 Å². The van der Waals surface area contributed by atoms with E-state index in [0.717, 1.165) is 28.3 Å². The molecule has 2 aromatic heterocycles. The minimum absolute atomic E-state index is 0.00359. The molecule has 4 rings (SSSR count). The number of hydrogen-bond donors (Lipinski definition) is 1. The normalized spacial score (nSPS) is 10.8. The van der Waals surface area contributed by atoms with Gasteiger partial charge in [0.15, 0.2) is 0 Å². The van der Waals surface area contributed by atoms with Gasteiger partial charge in [0.1, 0.15) is 17.2 Å². The van der Waals surface area contributed by atoms with Gasteiger partial charge in [-0.1, -0.05) is 12.1 Å². The summed E-state index contributed by atoms with van der Waals surface area (Å²) < 4.78 is 20.9. The van der Waals surface area contributed by atoms with E-state index >= 15 is 0 Å². The molecule has 1 N–H and O–H groups in total. The molecule has 2 heterocycles. The number of pyridine rings is 1. The summed E-state index contributed by atoms with van der Waals surface area (Å²) in [7, 11) is 1.63. The van der Waals surface area contributed by atoms with Gasteiger partial charge in [-0.25, -0.2) is 9.37 Å². The average Bonchev–Trinajstić information content (AvgIpc) is 3.04. The van der Waals surface area contributed by atoms with Crippen molar-refractivity contribution in [1.82, 2.24) is 9.38 Å². The Bertz CT molecular complexity index is 1170. The number of benzene rings is 2. The zero-order valence-corrected chi connectivity index (χ0v) is 15.4. The lowest BCUT2D eigenvalue weighted by molar-refractivity contribution is 0.102. The van der Waals surface area contributed by atoms with E-state index in [0.29, 0.717) is 5.69 Å². The van der Waals surface area contributed by atoms with Gasteiger partial charge in [-0.3, -0.25) is 4.79 Å². The van der Waals surface area contributed by atoms with Crippen LogP contribution in [-0.2, 0) is 0 Å². The molecule has 0 unspecified atom stereocenters. The van der Waals surface area contributed by atoms with E-state index < -0.39 is 11.7 Å². The summed E-state index contributed by atoms with van der Waals surface area (Å²) in [6, 6.07) is 17.1. The number of amides is 1. The van der Waals surface area contributed by atoms with Crippen LogP contribution >= 0.6 is 0 Å². The number of nitrogens with one attached hydrogen (secondary N) is 1. The summed E-state index contributed by atoms with van der Waals surface area (Å²) in [5.74, 6) is -0.268. The number of aryl methyl sites for hydroxylation is 1. The second-order valence-electron chi connectivity index (χ2n) is 6.35. The average molecular weight is 375 g/mol. The van der Waals surface area contributed by atoms with E-state index in [1.807, 2.05) is 41.7 Å². The maximum absolute atomic E-state index is 13.8. The van der Waals surface area contributed by atoms with Crippen LogP contribution in [0.25, 0.3) is 16.9 Å². The molecule has 0 fully saturated rings. The van der Waals surface area contributed by atoms with Crippen LogP contribution in [0.1, 0.15) is 16.1 Å². The standard InChI is InChI=1S/C22H18FN3O2/c1-14-21(15-7-10-17(28-2)11-8-15)25-20-12-9-16(13-26(14)20)24-22(27)18-5-3-4-6-19(18)23/h3-13H,1-2H3,(H,24,27). The lowest BCUT2D eigenvalue weighted by Crippen LogP contribution is -2.14. The molecule has 0 saturated heterocycles. The van der Waals surface area contributed by atoms with Crippen LogP contribution in [0.2, 0.25) is 0 Å². The number of carbonyl (C=O) groups is 1. The summed E-state index contributed by atoms with van der Waals surface area (Å²) in [4.78, 5) is 17.0. The highest BCUT2D eigenvalue weighted by atomic mass is 19.1. The lowest BCUT2D eigenvalue weighted by atomic mass is 10.1. The van der Waals surface area contributed by atoms with Crippen molar-refractivity contribution >= 4 is 17.2 Å². The van der Waals surface area contributed by atoms with Crippen molar-refractivity contribution in [1.29, 1.82) is 0 Å². The summed E-state index contributed by atoms with van der Waals surface area (Å²) in [6.07, 6.45) is 1.78. The minimum atomic E-state index is -0.554. The van der Waals surface area contributed by atoms with Crippen LogP contribution < -0.4 is 10.1 Å². The number of carbonyl (C=O) groups excluding carboxylic acids is 1. The molecule has 0 aliphatic heterocycles. The smallest absolute Gasteiger partial charge is 0.258 e. The third-order valence-electron chi connectivity index (χ3n) is 4.60. The van der Waals surface area contributed by atoms with E-state index in [-0.39, 0.29) is 5.56 Å². The van der Waals surface area contributed by atoms with E-state index in [4.69, 9.17) is 4.74 Å². The first-order valence-electron chi connectivity index (χ1n) is 8.76. The third-order valence-corrected chi connectivity index (χ3v) is 4.60. The van der Waals surface area contributed by atoms with E-state index in [9.17, 15) is 9.18 Å². The van der Waals surface area contributed by atoms with Crippen molar-refractivity contribution in [2.45, 2.75) is 6.92 Å². The van der Waals surface area contributed by atoms with Gasteiger partial charge in [0.25, 0.3) is 5.91 Å². The van der Waals surface area contributed by atoms with Crippen molar-refractivity contribution in [2.75, 3.05) is 12.4 Å². The number of imidazole rings is 1. The van der Waals surface area contributed by atoms with Gasteiger partial charge in [-0.05, 0) is 55.5 Å². The van der Waals surface area contributed by atoms with Crippen LogP contribution in [-0.4, -0.2) is 22.4 Å². The molecular weight excluding hydrogens is 357 g/mol. The second kappa shape index (κ2) is 7.15. The van der Waals surface area contributed by atoms with Crippen molar-refractivity contribution in [3.63, 3.8) is 0 Å². The van der Waals surface area contributed by atoms with Crippen molar-refractivity contribution in [3.05, 3.63) is 83.9 Å². The molecule has 0 bridgehead atoms. The van der Waals surface area contributed by atoms with Crippen LogP contribution in [0.3, 0.4) is 0 Å². The molecular formula is C22H18FN3O2. The number of aromatic nitrogens is 2. The number of nitrogens with zero attached hydrogens (tertiary/aromatic N) is 2. The first-order valence-corrected chi connectivity index (χ1v) is 8.76.